The number of carbonyl (C=O) groups excluding carboxylic acids is 2. The summed E-state index contributed by atoms with van der Waals surface area (Å²) in [4.78, 5) is 28.4. The van der Waals surface area contributed by atoms with Gasteiger partial charge in [0.2, 0.25) is 0 Å². The minimum atomic E-state index is -0.476. The molecule has 3 aromatic rings. The first kappa shape index (κ1) is 21.9. The largest absolute Gasteiger partial charge is 0.496 e. The van der Waals surface area contributed by atoms with E-state index in [1.807, 2.05) is 6.92 Å². The summed E-state index contributed by atoms with van der Waals surface area (Å²) in [7, 11) is 1.52. The topological polar surface area (TPSA) is 58.6 Å². The van der Waals surface area contributed by atoms with Crippen LogP contribution in [0.15, 0.2) is 66.4 Å². The molecule has 0 fully saturated rings. The Morgan fingerprint density at radius 3 is 2.38 bits per heavy atom. The van der Waals surface area contributed by atoms with Crippen LogP contribution < -0.4 is 15.0 Å². The number of carbonyl (C=O) groups is 2. The number of nitrogens with zero attached hydrogens (tertiary/aromatic N) is 1. The van der Waals surface area contributed by atoms with Crippen molar-refractivity contribution >= 4 is 52.0 Å². The molecule has 0 saturated heterocycles. The number of rotatable bonds is 5. The number of halogens is 2. The van der Waals surface area contributed by atoms with Crippen LogP contribution >= 0.6 is 23.2 Å². The van der Waals surface area contributed by atoms with Gasteiger partial charge in [0, 0.05) is 21.3 Å². The number of para-hydroxylation sites is 1. The summed E-state index contributed by atoms with van der Waals surface area (Å²) >= 11 is 12.4. The van der Waals surface area contributed by atoms with Gasteiger partial charge in [-0.15, -0.1) is 0 Å². The molecule has 162 valence electrons. The standard InChI is InChI=1S/C25H20Cl2N2O3/c1-14-13-16(26)11-12-19(14)28-23-22(17-7-4-5-10-21(17)32-3)24(30)29(25(23)31)20-9-6-8-18(27)15(20)2/h4-13,28H,1-3H3. The van der Waals surface area contributed by atoms with Crippen molar-refractivity contribution in [1.82, 2.24) is 0 Å². The summed E-state index contributed by atoms with van der Waals surface area (Å²) in [5.74, 6) is -0.449. The Kier molecular flexibility index (Phi) is 5.96. The molecule has 32 heavy (non-hydrogen) atoms. The lowest BCUT2D eigenvalue weighted by Crippen LogP contribution is -2.33. The van der Waals surface area contributed by atoms with E-state index in [0.29, 0.717) is 38.3 Å². The summed E-state index contributed by atoms with van der Waals surface area (Å²) in [6, 6.07) is 17.5. The van der Waals surface area contributed by atoms with E-state index in [0.717, 1.165) is 10.5 Å². The van der Waals surface area contributed by atoms with Gasteiger partial charge in [-0.2, -0.15) is 0 Å². The van der Waals surface area contributed by atoms with E-state index < -0.39 is 11.8 Å². The van der Waals surface area contributed by atoms with E-state index in [4.69, 9.17) is 27.9 Å². The molecule has 0 saturated carbocycles. The molecular weight excluding hydrogens is 447 g/mol. The number of anilines is 2. The van der Waals surface area contributed by atoms with Crippen LogP contribution in [0.1, 0.15) is 16.7 Å². The fraction of sp³-hybridized carbons (Fsp3) is 0.120. The van der Waals surface area contributed by atoms with E-state index in [-0.39, 0.29) is 11.3 Å². The van der Waals surface area contributed by atoms with Crippen LogP contribution in [0, 0.1) is 13.8 Å². The number of benzene rings is 3. The van der Waals surface area contributed by atoms with Crippen LogP contribution in [-0.4, -0.2) is 18.9 Å². The fourth-order valence-electron chi connectivity index (χ4n) is 3.71. The van der Waals surface area contributed by atoms with Gasteiger partial charge in [-0.3, -0.25) is 9.59 Å². The third kappa shape index (κ3) is 3.74. The molecule has 0 aliphatic carbocycles. The van der Waals surface area contributed by atoms with Crippen LogP contribution in [0.25, 0.3) is 5.57 Å². The predicted molar refractivity (Wildman–Crippen MR) is 128 cm³/mol. The Morgan fingerprint density at radius 1 is 0.906 bits per heavy atom. The molecule has 7 heteroatoms. The first-order valence-corrected chi connectivity index (χ1v) is 10.6. The van der Waals surface area contributed by atoms with E-state index in [9.17, 15) is 9.59 Å². The Hall–Kier alpha value is -3.28. The molecule has 1 aliphatic rings. The number of methoxy groups -OCH3 is 1. The highest BCUT2D eigenvalue weighted by Crippen LogP contribution is 2.39. The Bertz CT molecular complexity index is 1280. The van der Waals surface area contributed by atoms with Crippen LogP contribution in [0.2, 0.25) is 10.0 Å². The predicted octanol–water partition coefficient (Wildman–Crippen LogP) is 6.02. The number of amides is 2. The fourth-order valence-corrected chi connectivity index (χ4v) is 4.10. The summed E-state index contributed by atoms with van der Waals surface area (Å²) in [5.41, 5.74) is 3.48. The normalized spacial score (nSPS) is 13.7. The maximum absolute atomic E-state index is 13.7. The molecule has 0 spiro atoms. The Balaban J connectivity index is 1.91. The molecular formula is C25H20Cl2N2O3. The molecule has 0 bridgehead atoms. The third-order valence-electron chi connectivity index (χ3n) is 5.39. The van der Waals surface area contributed by atoms with Crippen molar-refractivity contribution in [2.24, 2.45) is 0 Å². The molecule has 1 heterocycles. The molecule has 0 radical (unpaired) electrons. The van der Waals surface area contributed by atoms with Gasteiger partial charge in [0.25, 0.3) is 11.8 Å². The van der Waals surface area contributed by atoms with Crippen molar-refractivity contribution in [3.8, 4) is 5.75 Å². The zero-order valence-electron chi connectivity index (χ0n) is 17.7. The van der Waals surface area contributed by atoms with Crippen LogP contribution in [0.3, 0.4) is 0 Å². The molecule has 4 rings (SSSR count). The smallest absolute Gasteiger partial charge is 0.282 e. The molecule has 1 aliphatic heterocycles. The second-order valence-corrected chi connectivity index (χ2v) is 8.21. The summed E-state index contributed by atoms with van der Waals surface area (Å²) < 4.78 is 5.48. The van der Waals surface area contributed by atoms with E-state index in [2.05, 4.69) is 5.32 Å². The molecule has 5 nitrogen and oxygen atoms in total. The monoisotopic (exact) mass is 466 g/mol. The van der Waals surface area contributed by atoms with Crippen molar-refractivity contribution < 1.29 is 14.3 Å². The second kappa shape index (κ2) is 8.69. The SMILES string of the molecule is COc1ccccc1C1=C(Nc2ccc(Cl)cc2C)C(=O)N(c2cccc(Cl)c2C)C1=O. The zero-order chi connectivity index (χ0) is 23.0. The minimum absolute atomic E-state index is 0.157. The van der Waals surface area contributed by atoms with E-state index in [1.54, 1.807) is 67.6 Å². The highest BCUT2D eigenvalue weighted by Gasteiger charge is 2.42. The number of ether oxygens (including phenoxy) is 1. The Morgan fingerprint density at radius 2 is 1.66 bits per heavy atom. The molecule has 0 atom stereocenters. The quantitative estimate of drug-likeness (QED) is 0.467. The third-order valence-corrected chi connectivity index (χ3v) is 6.03. The lowest BCUT2D eigenvalue weighted by Gasteiger charge is -2.18. The molecule has 0 unspecified atom stereocenters. The number of imide groups is 1. The number of hydrogen-bond donors (Lipinski definition) is 1. The van der Waals surface area contributed by atoms with Crippen LogP contribution in [-0.2, 0) is 9.59 Å². The number of nitrogens with one attached hydrogen (secondary N) is 1. The summed E-state index contributed by atoms with van der Waals surface area (Å²) in [5, 5.41) is 4.22. The minimum Gasteiger partial charge on any atom is -0.496 e. The van der Waals surface area contributed by atoms with Gasteiger partial charge in [-0.25, -0.2) is 4.90 Å². The van der Waals surface area contributed by atoms with Crippen molar-refractivity contribution in [1.29, 1.82) is 0 Å². The van der Waals surface area contributed by atoms with Crippen molar-refractivity contribution in [3.63, 3.8) is 0 Å². The van der Waals surface area contributed by atoms with Crippen LogP contribution in [0.5, 0.6) is 5.75 Å². The van der Waals surface area contributed by atoms with Gasteiger partial charge in [-0.05, 0) is 61.4 Å². The molecule has 1 N–H and O–H groups in total. The average Bonchev–Trinajstić information content (AvgIpc) is 3.01. The van der Waals surface area contributed by atoms with Gasteiger partial charge in [0.15, 0.2) is 0 Å². The second-order valence-electron chi connectivity index (χ2n) is 7.36. The highest BCUT2D eigenvalue weighted by molar-refractivity contribution is 6.47. The first-order valence-electron chi connectivity index (χ1n) is 9.88. The highest BCUT2D eigenvalue weighted by atomic mass is 35.5. The molecule has 0 aromatic heterocycles. The summed E-state index contributed by atoms with van der Waals surface area (Å²) in [6.07, 6.45) is 0. The molecule has 3 aromatic carbocycles. The Labute approximate surface area is 196 Å². The average molecular weight is 467 g/mol. The van der Waals surface area contributed by atoms with Crippen LogP contribution in [0.4, 0.5) is 11.4 Å². The number of hydrogen-bond acceptors (Lipinski definition) is 4. The molecule has 2 amide bonds. The van der Waals surface area contributed by atoms with Gasteiger partial charge in [-0.1, -0.05) is 47.5 Å². The maximum atomic E-state index is 13.7. The summed E-state index contributed by atoms with van der Waals surface area (Å²) in [6.45, 7) is 3.65. The van der Waals surface area contributed by atoms with Crippen molar-refractivity contribution in [2.45, 2.75) is 13.8 Å². The maximum Gasteiger partial charge on any atom is 0.282 e. The first-order chi connectivity index (χ1) is 15.3. The van der Waals surface area contributed by atoms with E-state index >= 15 is 0 Å². The lowest BCUT2D eigenvalue weighted by atomic mass is 10.0. The van der Waals surface area contributed by atoms with Gasteiger partial charge in [0.05, 0.1) is 18.4 Å². The van der Waals surface area contributed by atoms with Gasteiger partial charge >= 0.3 is 0 Å². The van der Waals surface area contributed by atoms with E-state index in [1.165, 1.54) is 7.11 Å². The number of aryl methyl sites for hydroxylation is 1. The van der Waals surface area contributed by atoms with Crippen molar-refractivity contribution in [2.75, 3.05) is 17.3 Å². The van der Waals surface area contributed by atoms with Gasteiger partial charge in [0.1, 0.15) is 11.4 Å². The lowest BCUT2D eigenvalue weighted by molar-refractivity contribution is -0.120. The zero-order valence-corrected chi connectivity index (χ0v) is 19.2. The van der Waals surface area contributed by atoms with Crippen molar-refractivity contribution in [3.05, 3.63) is 93.1 Å². The van der Waals surface area contributed by atoms with Gasteiger partial charge < -0.3 is 10.1 Å².